The highest BCUT2D eigenvalue weighted by Gasteiger charge is 2.06. The molecule has 0 aliphatic carbocycles. The van der Waals surface area contributed by atoms with Gasteiger partial charge in [-0.05, 0) is 61.2 Å². The summed E-state index contributed by atoms with van der Waals surface area (Å²) >= 11 is 0. The zero-order valence-corrected chi connectivity index (χ0v) is 24.4. The van der Waals surface area contributed by atoms with Gasteiger partial charge in [-0.3, -0.25) is 9.59 Å². The predicted octanol–water partition coefficient (Wildman–Crippen LogP) is 7.27. The highest BCUT2D eigenvalue weighted by atomic mass is 16.2. The second-order valence-electron chi connectivity index (χ2n) is 11.4. The van der Waals surface area contributed by atoms with Gasteiger partial charge in [0.2, 0.25) is 11.8 Å². The number of hydrogen-bond donors (Lipinski definition) is 2. The summed E-state index contributed by atoms with van der Waals surface area (Å²) in [5, 5.41) is 6.06. The molecule has 0 saturated heterocycles. The normalized spacial score (nSPS) is 12.3. The van der Waals surface area contributed by atoms with Crippen molar-refractivity contribution in [2.24, 2.45) is 23.7 Å². The molecule has 0 radical (unpaired) electrons. The van der Waals surface area contributed by atoms with Crippen LogP contribution < -0.4 is 10.6 Å². The summed E-state index contributed by atoms with van der Waals surface area (Å²) in [6, 6.07) is 0. The lowest BCUT2D eigenvalue weighted by Gasteiger charge is -2.12. The Labute approximate surface area is 223 Å². The van der Waals surface area contributed by atoms with Crippen LogP contribution in [0.1, 0.15) is 131 Å². The molecule has 2 atom stereocenters. The van der Waals surface area contributed by atoms with E-state index < -0.39 is 0 Å². The summed E-state index contributed by atoms with van der Waals surface area (Å²) in [6.07, 6.45) is 13.7. The molecular weight excluding hydrogens is 444 g/mol. The van der Waals surface area contributed by atoms with Gasteiger partial charge in [0.25, 0.3) is 0 Å². The van der Waals surface area contributed by atoms with E-state index in [9.17, 15) is 9.59 Å². The Balaban J connectivity index is 3.67. The number of rotatable bonds is 20. The number of hydrogen-bond acceptors (Lipinski definition) is 2. The minimum Gasteiger partial charge on any atom is -0.356 e. The zero-order chi connectivity index (χ0) is 27.0. The molecule has 0 bridgehead atoms. The fourth-order valence-corrected chi connectivity index (χ4v) is 4.02. The molecule has 206 valence electrons. The summed E-state index contributed by atoms with van der Waals surface area (Å²) in [4.78, 5) is 23.9. The maximum atomic E-state index is 11.9. The predicted molar refractivity (Wildman–Crippen MR) is 154 cm³/mol. The maximum absolute atomic E-state index is 11.9. The fourth-order valence-electron chi connectivity index (χ4n) is 4.02. The minimum absolute atomic E-state index is 0.121. The van der Waals surface area contributed by atoms with Gasteiger partial charge in [0, 0.05) is 38.8 Å². The van der Waals surface area contributed by atoms with E-state index in [1.165, 1.54) is 38.5 Å². The first kappa shape index (κ1) is 34.1. The average molecular weight is 501 g/mol. The molecule has 2 amide bonds. The first-order chi connectivity index (χ1) is 17.2. The van der Waals surface area contributed by atoms with E-state index in [0.717, 1.165) is 50.6 Å². The van der Waals surface area contributed by atoms with Crippen molar-refractivity contribution < 1.29 is 9.59 Å². The lowest BCUT2D eigenvalue weighted by molar-refractivity contribution is -0.122. The number of carbonyl (C=O) groups excluding carboxylic acids is 2. The molecule has 0 aliphatic heterocycles. The number of unbranched alkanes of at least 4 members (excludes halogenated alkanes) is 2. The topological polar surface area (TPSA) is 58.2 Å². The molecule has 2 N–H and O–H groups in total. The van der Waals surface area contributed by atoms with Crippen LogP contribution in [-0.4, -0.2) is 24.9 Å². The maximum Gasteiger partial charge on any atom is 0.220 e. The summed E-state index contributed by atoms with van der Waals surface area (Å²) < 4.78 is 0. The molecule has 0 aliphatic rings. The quantitative estimate of drug-likeness (QED) is 0.136. The number of nitrogens with one attached hydrogen (secondary N) is 2. The fraction of sp³-hybridized carbons (Fsp3) is 0.812. The highest BCUT2D eigenvalue weighted by molar-refractivity contribution is 5.76. The van der Waals surface area contributed by atoms with Crippen molar-refractivity contribution in [3.05, 3.63) is 0 Å². The minimum atomic E-state index is 0.121. The van der Waals surface area contributed by atoms with E-state index in [0.29, 0.717) is 37.5 Å². The molecule has 0 aromatic rings. The van der Waals surface area contributed by atoms with Crippen LogP contribution >= 0.6 is 0 Å². The molecule has 0 aromatic heterocycles. The van der Waals surface area contributed by atoms with Crippen molar-refractivity contribution in [1.82, 2.24) is 10.6 Å². The van der Waals surface area contributed by atoms with Crippen LogP contribution in [-0.2, 0) is 9.59 Å². The van der Waals surface area contributed by atoms with Crippen LogP contribution in [0.25, 0.3) is 0 Å². The Morgan fingerprint density at radius 1 is 0.556 bits per heavy atom. The van der Waals surface area contributed by atoms with Crippen LogP contribution in [0, 0.1) is 47.4 Å². The summed E-state index contributed by atoms with van der Waals surface area (Å²) in [6.45, 7) is 15.2. The Kier molecular flexibility index (Phi) is 22.2. The SMILES string of the molecule is CC(C)CCCC(C)CCNC(=O)CCCC#CC#CCCCC(=O)NCCC(C)CCCC(C)C. The Morgan fingerprint density at radius 3 is 1.31 bits per heavy atom. The van der Waals surface area contributed by atoms with Gasteiger partial charge in [-0.25, -0.2) is 0 Å². The van der Waals surface area contributed by atoms with Crippen molar-refractivity contribution in [2.75, 3.05) is 13.1 Å². The van der Waals surface area contributed by atoms with E-state index in [-0.39, 0.29) is 11.8 Å². The van der Waals surface area contributed by atoms with Crippen molar-refractivity contribution >= 4 is 11.8 Å². The number of amides is 2. The van der Waals surface area contributed by atoms with Crippen molar-refractivity contribution in [2.45, 2.75) is 131 Å². The molecule has 4 nitrogen and oxygen atoms in total. The second kappa shape index (κ2) is 23.5. The largest absolute Gasteiger partial charge is 0.356 e. The van der Waals surface area contributed by atoms with Gasteiger partial charge in [0.05, 0.1) is 0 Å². The average Bonchev–Trinajstić information content (AvgIpc) is 2.79. The van der Waals surface area contributed by atoms with Crippen LogP contribution in [0.5, 0.6) is 0 Å². The smallest absolute Gasteiger partial charge is 0.220 e. The van der Waals surface area contributed by atoms with E-state index in [1.807, 2.05) is 0 Å². The lowest BCUT2D eigenvalue weighted by atomic mass is 9.97. The summed E-state index contributed by atoms with van der Waals surface area (Å²) in [5.74, 6) is 14.9. The zero-order valence-electron chi connectivity index (χ0n) is 24.4. The van der Waals surface area contributed by atoms with Gasteiger partial charge in [0.15, 0.2) is 0 Å². The first-order valence-corrected chi connectivity index (χ1v) is 14.7. The van der Waals surface area contributed by atoms with Crippen molar-refractivity contribution in [3.8, 4) is 23.7 Å². The lowest BCUT2D eigenvalue weighted by Crippen LogP contribution is -2.25. The monoisotopic (exact) mass is 500 g/mol. The van der Waals surface area contributed by atoms with Gasteiger partial charge in [0.1, 0.15) is 0 Å². The van der Waals surface area contributed by atoms with Crippen LogP contribution in [0.2, 0.25) is 0 Å². The molecule has 0 spiro atoms. The molecule has 0 rings (SSSR count). The third-order valence-electron chi connectivity index (χ3n) is 6.53. The molecule has 0 fully saturated rings. The Morgan fingerprint density at radius 2 is 0.944 bits per heavy atom. The number of carbonyl (C=O) groups is 2. The summed E-state index contributed by atoms with van der Waals surface area (Å²) in [7, 11) is 0. The third kappa shape index (κ3) is 25.2. The van der Waals surface area contributed by atoms with E-state index in [4.69, 9.17) is 0 Å². The van der Waals surface area contributed by atoms with Gasteiger partial charge in [-0.1, -0.05) is 91.9 Å². The van der Waals surface area contributed by atoms with Gasteiger partial charge >= 0.3 is 0 Å². The molecule has 0 heterocycles. The summed E-state index contributed by atoms with van der Waals surface area (Å²) in [5.41, 5.74) is 0. The molecule has 0 saturated carbocycles. The Bertz CT molecular complexity index is 630. The molecular formula is C32H56N2O2. The molecule has 36 heavy (non-hydrogen) atoms. The van der Waals surface area contributed by atoms with Crippen LogP contribution in [0.4, 0.5) is 0 Å². The van der Waals surface area contributed by atoms with E-state index >= 15 is 0 Å². The van der Waals surface area contributed by atoms with Crippen LogP contribution in [0.15, 0.2) is 0 Å². The molecule has 0 aromatic carbocycles. The molecule has 2 unspecified atom stereocenters. The van der Waals surface area contributed by atoms with Crippen LogP contribution in [0.3, 0.4) is 0 Å². The van der Waals surface area contributed by atoms with Gasteiger partial charge in [-0.15, -0.1) is 0 Å². The van der Waals surface area contributed by atoms with E-state index in [2.05, 4.69) is 75.9 Å². The first-order valence-electron chi connectivity index (χ1n) is 14.7. The standard InChI is InChI=1S/C32H56N2O2/c1-27(2)17-15-19-29(5)23-25-33-31(35)21-13-11-9-7-8-10-12-14-22-32(36)34-26-24-30(6)20-16-18-28(3)4/h27-30H,11-26H2,1-6H3,(H,33,35)(H,34,36). The third-order valence-corrected chi connectivity index (χ3v) is 6.53. The van der Waals surface area contributed by atoms with Crippen molar-refractivity contribution in [3.63, 3.8) is 0 Å². The molecule has 4 heteroatoms. The van der Waals surface area contributed by atoms with E-state index in [1.54, 1.807) is 0 Å². The van der Waals surface area contributed by atoms with Crippen molar-refractivity contribution in [1.29, 1.82) is 0 Å². The Hall–Kier alpha value is -1.94. The van der Waals surface area contributed by atoms with Gasteiger partial charge < -0.3 is 10.6 Å². The van der Waals surface area contributed by atoms with Gasteiger partial charge in [-0.2, -0.15) is 0 Å². The highest BCUT2D eigenvalue weighted by Crippen LogP contribution is 2.15. The second-order valence-corrected chi connectivity index (χ2v) is 11.4.